The quantitative estimate of drug-likeness (QED) is 0.446. The molecule has 0 saturated heterocycles. The van der Waals surface area contributed by atoms with Crippen molar-refractivity contribution in [3.8, 4) is 22.3 Å². The molecule has 0 radical (unpaired) electrons. The van der Waals surface area contributed by atoms with Crippen LogP contribution in [-0.2, 0) is 0 Å². The molecule has 3 aromatic rings. The van der Waals surface area contributed by atoms with Crippen LogP contribution in [0.15, 0.2) is 47.5 Å². The lowest BCUT2D eigenvalue weighted by atomic mass is 9.87. The maximum Gasteiger partial charge on any atom is 0.0779 e. The van der Waals surface area contributed by atoms with Crippen molar-refractivity contribution in [3.05, 3.63) is 75.8 Å². The summed E-state index contributed by atoms with van der Waals surface area (Å²) in [5, 5.41) is 0. The number of aryl methyl sites for hydroxylation is 6. The van der Waals surface area contributed by atoms with Gasteiger partial charge in [-0.05, 0) is 81.6 Å². The van der Waals surface area contributed by atoms with Gasteiger partial charge in [0, 0.05) is 11.1 Å². The van der Waals surface area contributed by atoms with Gasteiger partial charge in [-0.15, -0.1) is 0 Å². The lowest BCUT2D eigenvalue weighted by molar-refractivity contribution is 1.30. The van der Waals surface area contributed by atoms with Gasteiger partial charge in [0.15, 0.2) is 0 Å². The second kappa shape index (κ2) is 6.92. The van der Waals surface area contributed by atoms with Crippen LogP contribution in [0.5, 0.6) is 0 Å². The number of hydrogen-bond acceptors (Lipinski definition) is 1. The summed E-state index contributed by atoms with van der Waals surface area (Å²) in [4.78, 5) is 4.48. The van der Waals surface area contributed by atoms with Crippen LogP contribution in [0.4, 0.5) is 5.69 Å². The number of benzene rings is 3. The second-order valence-corrected chi connectivity index (χ2v) is 7.41. The Bertz CT molecular complexity index is 887. The van der Waals surface area contributed by atoms with E-state index in [0.29, 0.717) is 0 Å². The van der Waals surface area contributed by atoms with E-state index in [4.69, 9.17) is 0 Å². The molecule has 0 aliphatic rings. The van der Waals surface area contributed by atoms with Crippen LogP contribution in [0.3, 0.4) is 0 Å². The van der Waals surface area contributed by atoms with Crippen molar-refractivity contribution in [1.29, 1.82) is 0 Å². The molecule has 0 aliphatic heterocycles. The molecule has 26 heavy (non-hydrogen) atoms. The fourth-order valence-electron chi connectivity index (χ4n) is 4.33. The van der Waals surface area contributed by atoms with Crippen LogP contribution in [0.1, 0.15) is 33.4 Å². The topological polar surface area (TPSA) is 12.4 Å². The minimum absolute atomic E-state index is 0.970. The van der Waals surface area contributed by atoms with Crippen LogP contribution in [0, 0.1) is 41.5 Å². The summed E-state index contributed by atoms with van der Waals surface area (Å²) in [6.45, 7) is 16.9. The number of hydrogen-bond donors (Lipinski definition) is 0. The Morgan fingerprint density at radius 3 is 1.27 bits per heavy atom. The third-order valence-electron chi connectivity index (χ3n) is 5.09. The highest BCUT2D eigenvalue weighted by Crippen LogP contribution is 2.43. The predicted octanol–water partition coefficient (Wildman–Crippen LogP) is 7.20. The maximum absolute atomic E-state index is 4.48. The smallest absolute Gasteiger partial charge is 0.0779 e. The molecule has 0 aliphatic carbocycles. The van der Waals surface area contributed by atoms with E-state index in [0.717, 1.165) is 16.8 Å². The van der Waals surface area contributed by atoms with Gasteiger partial charge in [0.2, 0.25) is 0 Å². The van der Waals surface area contributed by atoms with E-state index in [1.807, 2.05) is 0 Å². The molecule has 0 N–H and O–H groups in total. The molecule has 0 heterocycles. The van der Waals surface area contributed by atoms with E-state index in [2.05, 4.69) is 95.7 Å². The molecule has 0 bridgehead atoms. The second-order valence-electron chi connectivity index (χ2n) is 7.41. The Hall–Kier alpha value is -2.67. The van der Waals surface area contributed by atoms with Gasteiger partial charge < -0.3 is 0 Å². The number of nitrogens with zero attached hydrogens (tertiary/aromatic N) is 1. The maximum atomic E-state index is 4.48. The molecule has 0 fully saturated rings. The molecule has 132 valence electrons. The van der Waals surface area contributed by atoms with Gasteiger partial charge in [0.1, 0.15) is 0 Å². The molecule has 1 nitrogen and oxygen atoms in total. The van der Waals surface area contributed by atoms with Crippen molar-refractivity contribution < 1.29 is 0 Å². The van der Waals surface area contributed by atoms with Crippen molar-refractivity contribution in [2.24, 2.45) is 4.99 Å². The Morgan fingerprint density at radius 2 is 0.962 bits per heavy atom. The van der Waals surface area contributed by atoms with Gasteiger partial charge >= 0.3 is 0 Å². The SMILES string of the molecule is C=Nc1c(-c2c(C)cc(C)cc2C)cccc1-c1c(C)cc(C)cc1C. The molecule has 0 unspecified atom stereocenters. The van der Waals surface area contributed by atoms with Crippen LogP contribution in [0.2, 0.25) is 0 Å². The normalized spacial score (nSPS) is 10.8. The first-order valence-corrected chi connectivity index (χ1v) is 9.09. The predicted molar refractivity (Wildman–Crippen MR) is 115 cm³/mol. The summed E-state index contributed by atoms with van der Waals surface area (Å²) >= 11 is 0. The minimum Gasteiger partial charge on any atom is -0.263 e. The van der Waals surface area contributed by atoms with E-state index in [1.165, 1.54) is 44.5 Å². The zero-order valence-electron chi connectivity index (χ0n) is 16.7. The van der Waals surface area contributed by atoms with Gasteiger partial charge in [-0.25, -0.2) is 0 Å². The van der Waals surface area contributed by atoms with E-state index in [1.54, 1.807) is 0 Å². The summed E-state index contributed by atoms with van der Waals surface area (Å²) in [7, 11) is 0. The molecule has 0 spiro atoms. The Balaban J connectivity index is 2.34. The highest BCUT2D eigenvalue weighted by atomic mass is 14.7. The molecule has 0 aromatic heterocycles. The van der Waals surface area contributed by atoms with Crippen LogP contribution in [0.25, 0.3) is 22.3 Å². The third kappa shape index (κ3) is 3.10. The van der Waals surface area contributed by atoms with Gasteiger partial charge in [-0.3, -0.25) is 4.99 Å². The standard InChI is InChI=1S/C25H27N/c1-15-11-17(3)23(18(4)12-15)21-9-8-10-22(25(21)26-7)24-19(5)13-16(2)14-20(24)6/h8-14H,7H2,1-6H3. The molecule has 3 rings (SSSR count). The highest BCUT2D eigenvalue weighted by Gasteiger charge is 2.17. The zero-order valence-corrected chi connectivity index (χ0v) is 16.7. The van der Waals surface area contributed by atoms with E-state index >= 15 is 0 Å². The van der Waals surface area contributed by atoms with Crippen LogP contribution >= 0.6 is 0 Å². The summed E-state index contributed by atoms with van der Waals surface area (Å²) in [6.07, 6.45) is 0. The molecule has 1 heteroatoms. The molecular weight excluding hydrogens is 314 g/mol. The molecular formula is C25H27N. The number of aliphatic imine (C=N–C) groups is 1. The fraction of sp³-hybridized carbons (Fsp3) is 0.240. The summed E-state index contributed by atoms with van der Waals surface area (Å²) in [5.41, 5.74) is 13.5. The van der Waals surface area contributed by atoms with E-state index in [9.17, 15) is 0 Å². The van der Waals surface area contributed by atoms with Crippen LogP contribution in [-0.4, -0.2) is 6.72 Å². The first kappa shape index (κ1) is 18.1. The zero-order chi connectivity index (χ0) is 19.0. The summed E-state index contributed by atoms with van der Waals surface area (Å²) in [6, 6.07) is 15.4. The van der Waals surface area contributed by atoms with E-state index in [-0.39, 0.29) is 0 Å². The highest BCUT2D eigenvalue weighted by molar-refractivity contribution is 5.92. The third-order valence-corrected chi connectivity index (χ3v) is 5.09. The summed E-state index contributed by atoms with van der Waals surface area (Å²) < 4.78 is 0. The van der Waals surface area contributed by atoms with Gasteiger partial charge in [-0.2, -0.15) is 0 Å². The van der Waals surface area contributed by atoms with Gasteiger partial charge in [-0.1, -0.05) is 53.6 Å². The molecule has 0 amide bonds. The van der Waals surface area contributed by atoms with Crippen molar-refractivity contribution >= 4 is 12.4 Å². The molecule has 3 aromatic carbocycles. The van der Waals surface area contributed by atoms with Crippen LogP contribution < -0.4 is 0 Å². The lowest BCUT2D eigenvalue weighted by Crippen LogP contribution is -1.94. The molecule has 0 saturated carbocycles. The van der Waals surface area contributed by atoms with Crippen molar-refractivity contribution in [1.82, 2.24) is 0 Å². The van der Waals surface area contributed by atoms with Crippen molar-refractivity contribution in [3.63, 3.8) is 0 Å². The Kier molecular flexibility index (Phi) is 4.82. The summed E-state index contributed by atoms with van der Waals surface area (Å²) in [5.74, 6) is 0. The van der Waals surface area contributed by atoms with Gasteiger partial charge in [0.05, 0.1) is 5.69 Å². The monoisotopic (exact) mass is 341 g/mol. The van der Waals surface area contributed by atoms with Crippen molar-refractivity contribution in [2.45, 2.75) is 41.5 Å². The Labute approximate surface area is 157 Å². The average Bonchev–Trinajstić information content (AvgIpc) is 2.53. The van der Waals surface area contributed by atoms with E-state index < -0.39 is 0 Å². The van der Waals surface area contributed by atoms with Gasteiger partial charge in [0.25, 0.3) is 0 Å². The largest absolute Gasteiger partial charge is 0.263 e. The molecule has 0 atom stereocenters. The average molecular weight is 341 g/mol. The Morgan fingerprint density at radius 1 is 0.615 bits per heavy atom. The minimum atomic E-state index is 0.970. The number of para-hydroxylation sites is 1. The fourth-order valence-corrected chi connectivity index (χ4v) is 4.33. The van der Waals surface area contributed by atoms with Crippen molar-refractivity contribution in [2.75, 3.05) is 0 Å². The first-order valence-electron chi connectivity index (χ1n) is 9.09. The lowest BCUT2D eigenvalue weighted by Gasteiger charge is -2.19. The number of rotatable bonds is 3. The first-order chi connectivity index (χ1) is 12.3.